The number of aromatic nitrogens is 1. The van der Waals surface area contributed by atoms with Gasteiger partial charge in [-0.1, -0.05) is 13.8 Å². The van der Waals surface area contributed by atoms with Gasteiger partial charge in [0, 0.05) is 18.8 Å². The van der Waals surface area contributed by atoms with E-state index < -0.39 is 6.10 Å². The van der Waals surface area contributed by atoms with Gasteiger partial charge in [0.05, 0.1) is 6.10 Å². The topological polar surface area (TPSA) is 66.3 Å². The fraction of sp³-hybridized carbons (Fsp3) is 0.667. The maximum absolute atomic E-state index is 12.2. The molecule has 1 saturated heterocycles. The summed E-state index contributed by atoms with van der Waals surface area (Å²) in [5.41, 5.74) is 0.688. The number of hydrogen-bond acceptors (Lipinski definition) is 3. The summed E-state index contributed by atoms with van der Waals surface area (Å²) < 4.78 is 2.07. The lowest BCUT2D eigenvalue weighted by atomic mass is 10.1. The molecule has 1 aromatic rings. The predicted octanol–water partition coefficient (Wildman–Crippen LogP) is 1.16. The number of aliphatic hydroxyl groups is 1. The van der Waals surface area contributed by atoms with Gasteiger partial charge in [-0.05, 0) is 44.0 Å². The molecule has 2 rings (SSSR count). The van der Waals surface area contributed by atoms with Crippen LogP contribution in [-0.2, 0) is 0 Å². The van der Waals surface area contributed by atoms with Gasteiger partial charge in [0.2, 0.25) is 0 Å². The Balaban J connectivity index is 1.98. The van der Waals surface area contributed by atoms with E-state index in [0.29, 0.717) is 18.3 Å². The van der Waals surface area contributed by atoms with Crippen LogP contribution < -0.4 is 10.6 Å². The summed E-state index contributed by atoms with van der Waals surface area (Å²) in [5, 5.41) is 15.9. The normalized spacial score (nSPS) is 18.2. The molecule has 20 heavy (non-hydrogen) atoms. The van der Waals surface area contributed by atoms with Crippen molar-refractivity contribution >= 4 is 5.91 Å². The van der Waals surface area contributed by atoms with Gasteiger partial charge < -0.3 is 20.3 Å². The van der Waals surface area contributed by atoms with E-state index in [1.807, 2.05) is 32.2 Å². The monoisotopic (exact) mass is 279 g/mol. The van der Waals surface area contributed by atoms with Crippen LogP contribution in [-0.4, -0.2) is 41.3 Å². The molecule has 0 radical (unpaired) electrons. The number of nitrogens with one attached hydrogen (secondary N) is 2. The molecule has 2 heterocycles. The highest BCUT2D eigenvalue weighted by Crippen LogP contribution is 2.21. The molecule has 5 nitrogen and oxygen atoms in total. The summed E-state index contributed by atoms with van der Waals surface area (Å²) in [6.45, 7) is 6.17. The fourth-order valence-electron chi connectivity index (χ4n) is 2.51. The van der Waals surface area contributed by atoms with E-state index in [2.05, 4.69) is 15.2 Å². The Hall–Kier alpha value is -1.33. The largest absolute Gasteiger partial charge is 0.391 e. The zero-order chi connectivity index (χ0) is 14.5. The number of aliphatic hydroxyl groups excluding tert-OH is 1. The SMILES string of the molecule is CC(C)C(O)CNC(=O)c1cccn1C1CCNCC1. The Morgan fingerprint density at radius 2 is 2.20 bits per heavy atom. The molecule has 1 amide bonds. The van der Waals surface area contributed by atoms with E-state index in [4.69, 9.17) is 0 Å². The van der Waals surface area contributed by atoms with Crippen molar-refractivity contribution in [2.45, 2.75) is 38.8 Å². The lowest BCUT2D eigenvalue weighted by Crippen LogP contribution is -2.36. The first-order valence-electron chi connectivity index (χ1n) is 7.43. The van der Waals surface area contributed by atoms with Crippen LogP contribution in [0.2, 0.25) is 0 Å². The Kier molecular flexibility index (Phi) is 5.20. The molecular weight excluding hydrogens is 254 g/mol. The fourth-order valence-corrected chi connectivity index (χ4v) is 2.51. The van der Waals surface area contributed by atoms with Crippen LogP contribution in [0.1, 0.15) is 43.2 Å². The molecule has 5 heteroatoms. The van der Waals surface area contributed by atoms with E-state index in [1.165, 1.54) is 0 Å². The first kappa shape index (κ1) is 15.1. The maximum atomic E-state index is 12.2. The van der Waals surface area contributed by atoms with Gasteiger partial charge in [-0.3, -0.25) is 4.79 Å². The molecule has 1 aliphatic rings. The van der Waals surface area contributed by atoms with Gasteiger partial charge in [-0.25, -0.2) is 0 Å². The summed E-state index contributed by atoms with van der Waals surface area (Å²) in [6, 6.07) is 4.15. The van der Waals surface area contributed by atoms with Gasteiger partial charge >= 0.3 is 0 Å². The quantitative estimate of drug-likeness (QED) is 0.758. The molecule has 1 fully saturated rings. The summed E-state index contributed by atoms with van der Waals surface area (Å²) in [7, 11) is 0. The highest BCUT2D eigenvalue weighted by Gasteiger charge is 2.20. The van der Waals surface area contributed by atoms with Crippen molar-refractivity contribution in [3.05, 3.63) is 24.0 Å². The second-order valence-electron chi connectivity index (χ2n) is 5.80. The first-order valence-corrected chi connectivity index (χ1v) is 7.43. The van der Waals surface area contributed by atoms with Crippen molar-refractivity contribution in [1.29, 1.82) is 0 Å². The summed E-state index contributed by atoms with van der Waals surface area (Å²) >= 11 is 0. The molecule has 1 aromatic heterocycles. The number of amides is 1. The van der Waals surface area contributed by atoms with Crippen LogP contribution in [0.15, 0.2) is 18.3 Å². The number of hydrogen-bond donors (Lipinski definition) is 3. The van der Waals surface area contributed by atoms with E-state index in [0.717, 1.165) is 25.9 Å². The van der Waals surface area contributed by atoms with E-state index in [-0.39, 0.29) is 11.8 Å². The molecule has 0 saturated carbocycles. The second-order valence-corrected chi connectivity index (χ2v) is 5.80. The summed E-state index contributed by atoms with van der Waals surface area (Å²) in [4.78, 5) is 12.2. The van der Waals surface area contributed by atoms with Crippen LogP contribution in [0, 0.1) is 5.92 Å². The molecule has 1 atom stereocenters. The van der Waals surface area contributed by atoms with Gasteiger partial charge in [-0.15, -0.1) is 0 Å². The third-order valence-electron chi connectivity index (χ3n) is 3.95. The van der Waals surface area contributed by atoms with Gasteiger partial charge in [0.15, 0.2) is 0 Å². The number of rotatable bonds is 5. The van der Waals surface area contributed by atoms with Crippen LogP contribution in [0.3, 0.4) is 0 Å². The smallest absolute Gasteiger partial charge is 0.268 e. The molecular formula is C15H25N3O2. The van der Waals surface area contributed by atoms with Crippen LogP contribution >= 0.6 is 0 Å². The van der Waals surface area contributed by atoms with Crippen molar-refractivity contribution in [1.82, 2.24) is 15.2 Å². The first-order chi connectivity index (χ1) is 9.59. The Bertz CT molecular complexity index is 436. The van der Waals surface area contributed by atoms with Gasteiger partial charge in [-0.2, -0.15) is 0 Å². The zero-order valence-corrected chi connectivity index (χ0v) is 12.3. The molecule has 0 aromatic carbocycles. The minimum absolute atomic E-state index is 0.103. The molecule has 0 aliphatic carbocycles. The predicted molar refractivity (Wildman–Crippen MR) is 78.8 cm³/mol. The lowest BCUT2D eigenvalue weighted by Gasteiger charge is -2.26. The Labute approximate surface area is 120 Å². The van der Waals surface area contributed by atoms with E-state index in [9.17, 15) is 9.90 Å². The standard InChI is InChI=1S/C15H25N3O2/c1-11(2)14(19)10-17-15(20)13-4-3-9-18(13)12-5-7-16-8-6-12/h3-4,9,11-12,14,16,19H,5-8,10H2,1-2H3,(H,17,20). The highest BCUT2D eigenvalue weighted by molar-refractivity contribution is 5.92. The Morgan fingerprint density at radius 1 is 1.50 bits per heavy atom. The van der Waals surface area contributed by atoms with Gasteiger partial charge in [0.1, 0.15) is 5.69 Å². The van der Waals surface area contributed by atoms with Crippen molar-refractivity contribution in [2.24, 2.45) is 5.92 Å². The van der Waals surface area contributed by atoms with Crippen molar-refractivity contribution in [3.8, 4) is 0 Å². The van der Waals surface area contributed by atoms with Crippen molar-refractivity contribution in [2.75, 3.05) is 19.6 Å². The lowest BCUT2D eigenvalue weighted by molar-refractivity contribution is 0.0860. The number of nitrogens with zero attached hydrogens (tertiary/aromatic N) is 1. The molecule has 0 spiro atoms. The average Bonchev–Trinajstić information content (AvgIpc) is 2.94. The van der Waals surface area contributed by atoms with E-state index in [1.54, 1.807) is 0 Å². The summed E-state index contributed by atoms with van der Waals surface area (Å²) in [6.07, 6.45) is 3.57. The average molecular weight is 279 g/mol. The number of piperidine rings is 1. The Morgan fingerprint density at radius 3 is 2.85 bits per heavy atom. The third-order valence-corrected chi connectivity index (χ3v) is 3.95. The number of carbonyl (C=O) groups is 1. The number of carbonyl (C=O) groups excluding carboxylic acids is 1. The summed E-state index contributed by atoms with van der Waals surface area (Å²) in [5.74, 6) is 0.0414. The molecule has 1 unspecified atom stereocenters. The molecule has 0 bridgehead atoms. The molecule has 1 aliphatic heterocycles. The zero-order valence-electron chi connectivity index (χ0n) is 12.3. The van der Waals surface area contributed by atoms with Crippen molar-refractivity contribution < 1.29 is 9.90 Å². The maximum Gasteiger partial charge on any atom is 0.268 e. The van der Waals surface area contributed by atoms with Crippen molar-refractivity contribution in [3.63, 3.8) is 0 Å². The highest BCUT2D eigenvalue weighted by atomic mass is 16.3. The van der Waals surface area contributed by atoms with Crippen LogP contribution in [0.25, 0.3) is 0 Å². The minimum Gasteiger partial charge on any atom is -0.391 e. The van der Waals surface area contributed by atoms with Gasteiger partial charge in [0.25, 0.3) is 5.91 Å². The van der Waals surface area contributed by atoms with Crippen LogP contribution in [0.4, 0.5) is 0 Å². The van der Waals surface area contributed by atoms with E-state index >= 15 is 0 Å². The third kappa shape index (κ3) is 3.61. The molecule has 112 valence electrons. The second kappa shape index (κ2) is 6.90. The molecule has 3 N–H and O–H groups in total. The van der Waals surface area contributed by atoms with Crippen LogP contribution in [0.5, 0.6) is 0 Å². The minimum atomic E-state index is -0.499.